The quantitative estimate of drug-likeness (QED) is 0.227. The van der Waals surface area contributed by atoms with Gasteiger partial charge >= 0.3 is 0 Å². The number of anilines is 3. The van der Waals surface area contributed by atoms with Crippen molar-refractivity contribution in [3.63, 3.8) is 0 Å². The predicted molar refractivity (Wildman–Crippen MR) is 194 cm³/mol. The van der Waals surface area contributed by atoms with Crippen molar-refractivity contribution >= 4 is 28.6 Å². The van der Waals surface area contributed by atoms with Crippen LogP contribution in [0.15, 0.2) is 67.3 Å². The summed E-state index contributed by atoms with van der Waals surface area (Å²) in [5, 5.41) is 17.4. The van der Waals surface area contributed by atoms with Crippen molar-refractivity contribution in [2.24, 2.45) is 7.05 Å². The van der Waals surface area contributed by atoms with Crippen LogP contribution in [-0.2, 0) is 19.0 Å². The number of pyridine rings is 1. The van der Waals surface area contributed by atoms with E-state index in [1.165, 1.54) is 0 Å². The molecule has 3 aromatic heterocycles. The number of carbonyl (C=O) groups is 1. The normalized spacial score (nSPS) is 13.9. The Labute approximate surface area is 288 Å². The van der Waals surface area contributed by atoms with E-state index in [4.69, 9.17) is 0 Å². The summed E-state index contributed by atoms with van der Waals surface area (Å²) in [5.41, 5.74) is 8.58. The van der Waals surface area contributed by atoms with Crippen LogP contribution in [-0.4, -0.2) is 75.1 Å². The Morgan fingerprint density at radius 3 is 2.51 bits per heavy atom. The van der Waals surface area contributed by atoms with E-state index >= 15 is 0 Å². The van der Waals surface area contributed by atoms with E-state index in [1.807, 2.05) is 106 Å². The number of aryl methyl sites for hydroxylation is 3. The molecule has 49 heavy (non-hydrogen) atoms. The molecule has 1 saturated heterocycles. The third-order valence-electron chi connectivity index (χ3n) is 9.41. The van der Waals surface area contributed by atoms with Gasteiger partial charge in [0, 0.05) is 76.0 Å². The fourth-order valence-electron chi connectivity index (χ4n) is 6.31. The Morgan fingerprint density at radius 2 is 1.80 bits per heavy atom. The van der Waals surface area contributed by atoms with E-state index in [2.05, 4.69) is 56.2 Å². The van der Waals surface area contributed by atoms with Gasteiger partial charge in [-0.25, -0.2) is 4.98 Å². The maximum atomic E-state index is 13.7. The van der Waals surface area contributed by atoms with Gasteiger partial charge in [0.15, 0.2) is 5.65 Å². The van der Waals surface area contributed by atoms with Crippen LogP contribution in [0.4, 0.5) is 17.1 Å². The Balaban J connectivity index is 1.25. The summed E-state index contributed by atoms with van der Waals surface area (Å²) in [6, 6.07) is 16.3. The molecular weight excluding hydrogens is 610 g/mol. The lowest BCUT2D eigenvalue weighted by molar-refractivity contribution is 0.102. The molecule has 1 N–H and O–H groups in total. The van der Waals surface area contributed by atoms with Gasteiger partial charge in [-0.3, -0.25) is 18.8 Å². The summed E-state index contributed by atoms with van der Waals surface area (Å²) in [6.07, 6.45) is 7.50. The molecule has 10 heteroatoms. The molecular formula is C39H43N9O. The number of imidazole rings is 1. The lowest BCUT2D eigenvalue weighted by Gasteiger charge is -2.33. The van der Waals surface area contributed by atoms with E-state index in [-0.39, 0.29) is 5.91 Å². The molecule has 1 amide bonds. The molecule has 0 aliphatic carbocycles. The van der Waals surface area contributed by atoms with Crippen LogP contribution in [0.1, 0.15) is 57.7 Å². The number of amides is 1. The fraction of sp³-hybridized carbons (Fsp3) is 0.333. The van der Waals surface area contributed by atoms with Crippen LogP contribution in [0.3, 0.4) is 0 Å². The molecule has 1 fully saturated rings. The van der Waals surface area contributed by atoms with Crippen molar-refractivity contribution in [1.82, 2.24) is 29.0 Å². The summed E-state index contributed by atoms with van der Waals surface area (Å²) < 4.78 is 3.74. The maximum absolute atomic E-state index is 13.7. The molecule has 2 aromatic carbocycles. The minimum atomic E-state index is -0.710. The first-order valence-electron chi connectivity index (χ1n) is 16.5. The van der Waals surface area contributed by atoms with E-state index in [0.29, 0.717) is 11.3 Å². The van der Waals surface area contributed by atoms with Gasteiger partial charge in [0.25, 0.3) is 5.91 Å². The van der Waals surface area contributed by atoms with Gasteiger partial charge in [0.1, 0.15) is 5.69 Å². The molecule has 0 unspecified atom stereocenters. The number of nitrogens with zero attached hydrogens (tertiary/aromatic N) is 8. The van der Waals surface area contributed by atoms with E-state index < -0.39 is 5.41 Å². The molecule has 250 valence electrons. The van der Waals surface area contributed by atoms with E-state index in [0.717, 1.165) is 83.3 Å². The molecule has 5 aromatic rings. The predicted octanol–water partition coefficient (Wildman–Crippen LogP) is 5.65. The SMILES string of the molecule is Cc1cc(C)c(C(=O)Nc2ccc(CN3CCN(C)CC3)c(C(C)(C)C#N)c2)cc1C#Cc1cnc2c(N(C)c3cnn(C)c3)cccn12. The second-order valence-corrected chi connectivity index (χ2v) is 13.5. The first kappa shape index (κ1) is 33.5. The monoisotopic (exact) mass is 653 g/mol. The highest BCUT2D eigenvalue weighted by Gasteiger charge is 2.26. The Bertz CT molecular complexity index is 2130. The van der Waals surface area contributed by atoms with Crippen LogP contribution < -0.4 is 10.2 Å². The Hall–Kier alpha value is -5.42. The van der Waals surface area contributed by atoms with Gasteiger partial charge in [0.05, 0.1) is 35.3 Å². The number of piperazine rings is 1. The number of hydrogen-bond donors (Lipinski definition) is 1. The van der Waals surface area contributed by atoms with Crippen LogP contribution in [0.5, 0.6) is 0 Å². The lowest BCUT2D eigenvalue weighted by atomic mass is 9.82. The van der Waals surface area contributed by atoms with Crippen LogP contribution >= 0.6 is 0 Å². The number of likely N-dealkylation sites (N-methyl/N-ethyl adjacent to an activating group) is 1. The highest BCUT2D eigenvalue weighted by molar-refractivity contribution is 6.05. The summed E-state index contributed by atoms with van der Waals surface area (Å²) in [4.78, 5) is 25.2. The molecule has 4 heterocycles. The molecule has 1 aliphatic heterocycles. The van der Waals surface area contributed by atoms with Gasteiger partial charge in [0.2, 0.25) is 0 Å². The van der Waals surface area contributed by atoms with Crippen molar-refractivity contribution < 1.29 is 4.79 Å². The minimum absolute atomic E-state index is 0.217. The van der Waals surface area contributed by atoms with Gasteiger partial charge in [-0.05, 0) is 93.2 Å². The number of benzene rings is 2. The van der Waals surface area contributed by atoms with Gasteiger partial charge in [-0.2, -0.15) is 10.4 Å². The molecule has 1 aliphatic rings. The maximum Gasteiger partial charge on any atom is 0.255 e. The zero-order valence-electron chi connectivity index (χ0n) is 29.4. The molecule has 10 nitrogen and oxygen atoms in total. The van der Waals surface area contributed by atoms with Crippen molar-refractivity contribution in [3.8, 4) is 17.9 Å². The number of fused-ring (bicyclic) bond motifs is 1. The van der Waals surface area contributed by atoms with Crippen LogP contribution in [0.2, 0.25) is 0 Å². The number of nitrogens with one attached hydrogen (secondary N) is 1. The molecule has 0 spiro atoms. The number of rotatable bonds is 7. The van der Waals surface area contributed by atoms with Crippen molar-refractivity contribution in [2.45, 2.75) is 39.7 Å². The zero-order valence-corrected chi connectivity index (χ0v) is 29.4. The van der Waals surface area contributed by atoms with Crippen LogP contribution in [0.25, 0.3) is 5.65 Å². The third-order valence-corrected chi connectivity index (χ3v) is 9.41. The van der Waals surface area contributed by atoms with Crippen molar-refractivity contribution in [1.29, 1.82) is 5.26 Å². The summed E-state index contributed by atoms with van der Waals surface area (Å²) in [7, 11) is 6.03. The molecule has 6 rings (SSSR count). The topological polar surface area (TPSA) is 97.7 Å². The summed E-state index contributed by atoms with van der Waals surface area (Å²) >= 11 is 0. The number of aromatic nitrogens is 4. The average molecular weight is 654 g/mol. The number of carbonyl (C=O) groups excluding carboxylic acids is 1. The van der Waals surface area contributed by atoms with E-state index in [1.54, 1.807) is 10.9 Å². The van der Waals surface area contributed by atoms with E-state index in [9.17, 15) is 10.1 Å². The number of nitriles is 1. The molecule has 0 atom stereocenters. The van der Waals surface area contributed by atoms with Gasteiger partial charge in [-0.1, -0.05) is 18.1 Å². The van der Waals surface area contributed by atoms with Crippen LogP contribution in [0, 0.1) is 37.0 Å². The second-order valence-electron chi connectivity index (χ2n) is 13.5. The average Bonchev–Trinajstić information content (AvgIpc) is 3.71. The Morgan fingerprint density at radius 1 is 1.02 bits per heavy atom. The largest absolute Gasteiger partial charge is 0.339 e. The molecule has 0 radical (unpaired) electrons. The highest BCUT2D eigenvalue weighted by atomic mass is 16.1. The minimum Gasteiger partial charge on any atom is -0.339 e. The highest BCUT2D eigenvalue weighted by Crippen LogP contribution is 2.31. The molecule has 0 saturated carbocycles. The second kappa shape index (κ2) is 13.6. The Kier molecular flexibility index (Phi) is 9.29. The standard InChI is InChI=1S/C39H43N9O/c1-27-19-28(2)34(38(49)43-31-12-10-30(35(21-31)39(3,4)26-40)24-47-17-15-44(5)16-18-47)20-29(27)11-13-32-22-41-37-36(9-8-14-48(32)37)46(7)33-23-42-45(6)25-33/h8-10,12,14,19-23,25H,15-18,24H2,1-7H3,(H,43,49). The fourth-order valence-corrected chi connectivity index (χ4v) is 6.31. The molecule has 0 bridgehead atoms. The third kappa shape index (κ3) is 7.07. The number of hydrogen-bond acceptors (Lipinski definition) is 7. The van der Waals surface area contributed by atoms with Crippen molar-refractivity contribution in [2.75, 3.05) is 50.5 Å². The zero-order chi connectivity index (χ0) is 34.9. The smallest absolute Gasteiger partial charge is 0.255 e. The first-order chi connectivity index (χ1) is 23.4. The van der Waals surface area contributed by atoms with Gasteiger partial charge in [-0.15, -0.1) is 0 Å². The first-order valence-corrected chi connectivity index (χ1v) is 16.5. The van der Waals surface area contributed by atoms with Gasteiger partial charge < -0.3 is 15.1 Å². The lowest BCUT2D eigenvalue weighted by Crippen LogP contribution is -2.44. The summed E-state index contributed by atoms with van der Waals surface area (Å²) in [5.74, 6) is 6.37. The van der Waals surface area contributed by atoms with Crippen molar-refractivity contribution in [3.05, 3.63) is 106 Å². The summed E-state index contributed by atoms with van der Waals surface area (Å²) in [6.45, 7) is 12.6.